The summed E-state index contributed by atoms with van der Waals surface area (Å²) in [5.74, 6) is -0.0293. The van der Waals surface area contributed by atoms with Gasteiger partial charge in [0.15, 0.2) is 0 Å². The highest BCUT2D eigenvalue weighted by Gasteiger charge is 2.24. The first-order valence-electron chi connectivity index (χ1n) is 6.44. The molecule has 1 aromatic heterocycles. The van der Waals surface area contributed by atoms with Crippen molar-refractivity contribution in [2.45, 2.75) is 46.3 Å². The van der Waals surface area contributed by atoms with E-state index in [9.17, 15) is 9.90 Å². The highest BCUT2D eigenvalue weighted by Crippen LogP contribution is 2.15. The number of carbonyl (C=O) groups excluding carboxylic acids is 1. The Kier molecular flexibility index (Phi) is 4.57. The normalized spacial score (nSPS) is 11.9. The second-order valence-electron chi connectivity index (χ2n) is 5.53. The van der Waals surface area contributed by atoms with Crippen molar-refractivity contribution in [3.05, 3.63) is 24.0 Å². The van der Waals surface area contributed by atoms with Crippen molar-refractivity contribution in [1.82, 2.24) is 9.47 Å². The second-order valence-corrected chi connectivity index (χ2v) is 5.53. The van der Waals surface area contributed by atoms with E-state index in [0.717, 1.165) is 0 Å². The highest BCUT2D eigenvalue weighted by atomic mass is 16.3. The zero-order valence-electron chi connectivity index (χ0n) is 12.0. The van der Waals surface area contributed by atoms with Gasteiger partial charge in [-0.1, -0.05) is 0 Å². The summed E-state index contributed by atoms with van der Waals surface area (Å²) in [6, 6.07) is 3.96. The molecule has 0 aromatic carbocycles. The molecule has 0 aliphatic heterocycles. The molecule has 4 heteroatoms. The number of rotatable bonds is 5. The van der Waals surface area contributed by atoms with E-state index in [1.165, 1.54) is 0 Å². The molecule has 0 aliphatic carbocycles. The summed E-state index contributed by atoms with van der Waals surface area (Å²) in [7, 11) is 0. The number of carbonyl (C=O) groups is 1. The summed E-state index contributed by atoms with van der Waals surface area (Å²) >= 11 is 0. The monoisotopic (exact) mass is 252 g/mol. The van der Waals surface area contributed by atoms with Crippen molar-refractivity contribution in [2.24, 2.45) is 0 Å². The quantitative estimate of drug-likeness (QED) is 0.874. The number of hydrogen-bond donors (Lipinski definition) is 1. The van der Waals surface area contributed by atoms with Crippen LogP contribution in [-0.4, -0.2) is 39.2 Å². The average molecular weight is 252 g/mol. The molecule has 0 aliphatic rings. The predicted molar refractivity (Wildman–Crippen MR) is 72.7 cm³/mol. The van der Waals surface area contributed by atoms with Gasteiger partial charge in [0.1, 0.15) is 5.69 Å². The SMILES string of the molecule is CCN(CC(C)(C)O)C(=O)c1cccn1C(C)C. The second kappa shape index (κ2) is 5.57. The topological polar surface area (TPSA) is 45.5 Å². The number of hydrogen-bond acceptors (Lipinski definition) is 2. The lowest BCUT2D eigenvalue weighted by molar-refractivity contribution is 0.0308. The molecule has 18 heavy (non-hydrogen) atoms. The lowest BCUT2D eigenvalue weighted by atomic mass is 10.1. The van der Waals surface area contributed by atoms with Crippen LogP contribution in [0.2, 0.25) is 0 Å². The molecule has 1 heterocycles. The fraction of sp³-hybridized carbons (Fsp3) is 0.643. The maximum atomic E-state index is 12.4. The molecule has 0 saturated carbocycles. The molecule has 0 atom stereocenters. The molecule has 0 bridgehead atoms. The Morgan fingerprint density at radius 3 is 2.56 bits per heavy atom. The third kappa shape index (κ3) is 3.60. The van der Waals surface area contributed by atoms with E-state index < -0.39 is 5.60 Å². The van der Waals surface area contributed by atoms with Gasteiger partial charge in [0.2, 0.25) is 0 Å². The highest BCUT2D eigenvalue weighted by molar-refractivity contribution is 5.92. The first-order valence-corrected chi connectivity index (χ1v) is 6.44. The Morgan fingerprint density at radius 2 is 2.11 bits per heavy atom. The molecular weight excluding hydrogens is 228 g/mol. The molecular formula is C14H24N2O2. The molecule has 0 radical (unpaired) electrons. The summed E-state index contributed by atoms with van der Waals surface area (Å²) in [6.45, 7) is 10.4. The summed E-state index contributed by atoms with van der Waals surface area (Å²) in [5, 5.41) is 9.84. The van der Waals surface area contributed by atoms with Gasteiger partial charge in [-0.05, 0) is 46.8 Å². The van der Waals surface area contributed by atoms with Crippen LogP contribution in [0.25, 0.3) is 0 Å². The van der Waals surface area contributed by atoms with Crippen molar-refractivity contribution in [1.29, 1.82) is 0 Å². The van der Waals surface area contributed by atoms with E-state index in [2.05, 4.69) is 0 Å². The third-order valence-corrected chi connectivity index (χ3v) is 2.80. The van der Waals surface area contributed by atoms with E-state index in [-0.39, 0.29) is 11.9 Å². The molecule has 102 valence electrons. The first-order chi connectivity index (χ1) is 8.26. The van der Waals surface area contributed by atoms with Gasteiger partial charge in [0, 0.05) is 25.3 Å². The van der Waals surface area contributed by atoms with Crippen molar-refractivity contribution in [3.63, 3.8) is 0 Å². The van der Waals surface area contributed by atoms with Crippen molar-refractivity contribution in [2.75, 3.05) is 13.1 Å². The fourth-order valence-electron chi connectivity index (χ4n) is 1.98. The van der Waals surface area contributed by atoms with Crippen LogP contribution in [0.3, 0.4) is 0 Å². The summed E-state index contributed by atoms with van der Waals surface area (Å²) in [5.41, 5.74) is -0.197. The number of amides is 1. The number of nitrogens with zero attached hydrogens (tertiary/aromatic N) is 2. The van der Waals surface area contributed by atoms with Crippen molar-refractivity contribution >= 4 is 5.91 Å². The van der Waals surface area contributed by atoms with E-state index in [4.69, 9.17) is 0 Å². The van der Waals surface area contributed by atoms with Crippen LogP contribution in [0.4, 0.5) is 0 Å². The van der Waals surface area contributed by atoms with E-state index in [0.29, 0.717) is 18.8 Å². The van der Waals surface area contributed by atoms with Gasteiger partial charge in [0.25, 0.3) is 5.91 Å². The smallest absolute Gasteiger partial charge is 0.270 e. The molecule has 0 unspecified atom stereocenters. The molecule has 1 N–H and O–H groups in total. The minimum absolute atomic E-state index is 0.0293. The van der Waals surface area contributed by atoms with Crippen LogP contribution in [0, 0.1) is 0 Å². The van der Waals surface area contributed by atoms with Crippen LogP contribution in [0.1, 0.15) is 51.1 Å². The maximum absolute atomic E-state index is 12.4. The van der Waals surface area contributed by atoms with Crippen LogP contribution in [0.15, 0.2) is 18.3 Å². The number of aliphatic hydroxyl groups is 1. The Labute approximate surface area is 109 Å². The van der Waals surface area contributed by atoms with Gasteiger partial charge in [-0.25, -0.2) is 0 Å². The predicted octanol–water partition coefficient (Wildman–Crippen LogP) is 2.30. The summed E-state index contributed by atoms with van der Waals surface area (Å²) < 4.78 is 1.95. The van der Waals surface area contributed by atoms with Crippen LogP contribution >= 0.6 is 0 Å². The van der Waals surface area contributed by atoms with E-state index >= 15 is 0 Å². The van der Waals surface area contributed by atoms with E-state index in [1.54, 1.807) is 18.7 Å². The van der Waals surface area contributed by atoms with E-state index in [1.807, 2.05) is 43.7 Å². The summed E-state index contributed by atoms with van der Waals surface area (Å²) in [6.07, 6.45) is 1.91. The van der Waals surface area contributed by atoms with Gasteiger partial charge in [-0.3, -0.25) is 4.79 Å². The van der Waals surface area contributed by atoms with Gasteiger partial charge >= 0.3 is 0 Å². The zero-order valence-corrected chi connectivity index (χ0v) is 12.0. The minimum atomic E-state index is -0.874. The lowest BCUT2D eigenvalue weighted by Gasteiger charge is -2.28. The number of aromatic nitrogens is 1. The Balaban J connectivity index is 2.93. The fourth-order valence-corrected chi connectivity index (χ4v) is 1.98. The van der Waals surface area contributed by atoms with Crippen molar-refractivity contribution < 1.29 is 9.90 Å². The first kappa shape index (κ1) is 14.8. The van der Waals surface area contributed by atoms with Gasteiger partial charge < -0.3 is 14.6 Å². The molecule has 4 nitrogen and oxygen atoms in total. The average Bonchev–Trinajstić information content (AvgIpc) is 2.72. The van der Waals surface area contributed by atoms with Crippen molar-refractivity contribution in [3.8, 4) is 0 Å². The Hall–Kier alpha value is -1.29. The van der Waals surface area contributed by atoms with Gasteiger partial charge in [0.05, 0.1) is 5.60 Å². The van der Waals surface area contributed by atoms with Crippen LogP contribution in [0.5, 0.6) is 0 Å². The molecule has 1 aromatic rings. The summed E-state index contributed by atoms with van der Waals surface area (Å²) in [4.78, 5) is 14.1. The zero-order chi connectivity index (χ0) is 13.9. The molecule has 0 saturated heterocycles. The van der Waals surface area contributed by atoms with Crippen LogP contribution in [-0.2, 0) is 0 Å². The van der Waals surface area contributed by atoms with Gasteiger partial charge in [-0.15, -0.1) is 0 Å². The van der Waals surface area contributed by atoms with Gasteiger partial charge in [-0.2, -0.15) is 0 Å². The minimum Gasteiger partial charge on any atom is -0.389 e. The Morgan fingerprint density at radius 1 is 1.50 bits per heavy atom. The largest absolute Gasteiger partial charge is 0.389 e. The maximum Gasteiger partial charge on any atom is 0.270 e. The lowest BCUT2D eigenvalue weighted by Crippen LogP contribution is -2.42. The molecule has 1 rings (SSSR count). The van der Waals surface area contributed by atoms with Crippen LogP contribution < -0.4 is 0 Å². The standard InChI is InChI=1S/C14H24N2O2/c1-6-15(10-14(4,5)18)13(17)12-8-7-9-16(12)11(2)3/h7-9,11,18H,6,10H2,1-5H3. The molecule has 1 amide bonds. The molecule has 0 fully saturated rings. The third-order valence-electron chi connectivity index (χ3n) is 2.80. The Bertz CT molecular complexity index is 402. The number of likely N-dealkylation sites (N-methyl/N-ethyl adjacent to an activating group) is 1. The molecule has 0 spiro atoms.